The smallest absolute Gasteiger partial charge is 0.224 e. The third-order valence-electron chi connectivity index (χ3n) is 3.13. The van der Waals surface area contributed by atoms with Crippen molar-refractivity contribution in [1.82, 2.24) is 9.62 Å². The maximum atomic E-state index is 11.9. The number of carbonyl (C=O) groups is 1. The number of amides is 1. The molecule has 124 valence electrons. The highest BCUT2D eigenvalue weighted by atomic mass is 35.5. The van der Waals surface area contributed by atoms with Crippen LogP contribution in [0.15, 0.2) is 18.2 Å². The van der Waals surface area contributed by atoms with Gasteiger partial charge in [-0.05, 0) is 24.6 Å². The summed E-state index contributed by atoms with van der Waals surface area (Å²) in [7, 11) is -0.135. The van der Waals surface area contributed by atoms with Crippen LogP contribution in [0.25, 0.3) is 0 Å². The molecule has 0 saturated carbocycles. The second-order valence-electron chi connectivity index (χ2n) is 4.92. The molecule has 22 heavy (non-hydrogen) atoms. The largest absolute Gasteiger partial charge is 0.496 e. The Morgan fingerprint density at radius 2 is 2.09 bits per heavy atom. The molecule has 1 aromatic carbocycles. The molecule has 0 radical (unpaired) electrons. The van der Waals surface area contributed by atoms with Crippen LogP contribution in [0.5, 0.6) is 5.75 Å². The molecule has 0 spiro atoms. The minimum atomic E-state index is -3.18. The highest BCUT2D eigenvalue weighted by Gasteiger charge is 2.11. The van der Waals surface area contributed by atoms with Crippen molar-refractivity contribution >= 4 is 27.5 Å². The van der Waals surface area contributed by atoms with Gasteiger partial charge in [-0.1, -0.05) is 11.6 Å². The fourth-order valence-corrected chi connectivity index (χ4v) is 2.47. The number of methoxy groups -OCH3 is 1. The monoisotopic (exact) mass is 348 g/mol. The summed E-state index contributed by atoms with van der Waals surface area (Å²) in [5.41, 5.74) is 0.709. The molecule has 6 nitrogen and oxygen atoms in total. The van der Waals surface area contributed by atoms with Crippen molar-refractivity contribution < 1.29 is 17.9 Å². The van der Waals surface area contributed by atoms with E-state index in [0.717, 1.165) is 6.26 Å². The SMILES string of the molecule is COc1ccc(Cl)cc1CC(=O)NCCCN(C)S(C)(=O)=O. The van der Waals surface area contributed by atoms with Crippen molar-refractivity contribution in [2.75, 3.05) is 33.5 Å². The van der Waals surface area contributed by atoms with Gasteiger partial charge in [0.1, 0.15) is 5.75 Å². The topological polar surface area (TPSA) is 75.7 Å². The molecule has 1 N–H and O–H groups in total. The van der Waals surface area contributed by atoms with Crippen molar-refractivity contribution in [2.45, 2.75) is 12.8 Å². The summed E-state index contributed by atoms with van der Waals surface area (Å²) in [6, 6.07) is 5.10. The van der Waals surface area contributed by atoms with Gasteiger partial charge in [-0.2, -0.15) is 0 Å². The molecule has 1 rings (SSSR count). The quantitative estimate of drug-likeness (QED) is 0.718. The van der Waals surface area contributed by atoms with Crippen molar-refractivity contribution in [1.29, 1.82) is 0 Å². The van der Waals surface area contributed by atoms with Gasteiger partial charge >= 0.3 is 0 Å². The minimum absolute atomic E-state index is 0.158. The Morgan fingerprint density at radius 1 is 1.41 bits per heavy atom. The van der Waals surface area contributed by atoms with E-state index in [0.29, 0.717) is 35.8 Å². The summed E-state index contributed by atoms with van der Waals surface area (Å²) in [6.07, 6.45) is 1.85. The third-order valence-corrected chi connectivity index (χ3v) is 4.68. The molecular weight excluding hydrogens is 328 g/mol. The molecule has 0 aromatic heterocycles. The van der Waals surface area contributed by atoms with E-state index in [1.54, 1.807) is 18.2 Å². The number of halogens is 1. The van der Waals surface area contributed by atoms with E-state index in [4.69, 9.17) is 16.3 Å². The van der Waals surface area contributed by atoms with E-state index < -0.39 is 10.0 Å². The molecule has 0 saturated heterocycles. The first kappa shape index (κ1) is 18.7. The van der Waals surface area contributed by atoms with Crippen LogP contribution in [0.2, 0.25) is 5.02 Å². The number of nitrogens with one attached hydrogen (secondary N) is 1. The molecule has 1 aromatic rings. The first-order chi connectivity index (χ1) is 10.2. The van der Waals surface area contributed by atoms with Crippen LogP contribution >= 0.6 is 11.6 Å². The van der Waals surface area contributed by atoms with Crippen LogP contribution in [-0.4, -0.2) is 52.1 Å². The molecule has 0 aliphatic carbocycles. The van der Waals surface area contributed by atoms with Crippen LogP contribution in [-0.2, 0) is 21.2 Å². The molecule has 0 atom stereocenters. The lowest BCUT2D eigenvalue weighted by Crippen LogP contribution is -2.31. The normalized spacial score (nSPS) is 11.5. The zero-order chi connectivity index (χ0) is 16.8. The van der Waals surface area contributed by atoms with Gasteiger partial charge in [0.25, 0.3) is 0 Å². The lowest BCUT2D eigenvalue weighted by molar-refractivity contribution is -0.120. The molecule has 8 heteroatoms. The maximum absolute atomic E-state index is 11.9. The van der Waals surface area contributed by atoms with Crippen LogP contribution in [0.1, 0.15) is 12.0 Å². The summed E-state index contributed by atoms with van der Waals surface area (Å²) >= 11 is 5.91. The molecular formula is C14H21ClN2O4S. The molecule has 0 heterocycles. The Bertz CT molecular complexity index is 619. The number of rotatable bonds is 8. The zero-order valence-electron chi connectivity index (χ0n) is 12.9. The lowest BCUT2D eigenvalue weighted by atomic mass is 10.1. The van der Waals surface area contributed by atoms with Gasteiger partial charge in [0, 0.05) is 30.7 Å². The molecule has 0 aliphatic heterocycles. The van der Waals surface area contributed by atoms with Crippen molar-refractivity contribution in [3.63, 3.8) is 0 Å². The predicted molar refractivity (Wildman–Crippen MR) is 86.8 cm³/mol. The van der Waals surface area contributed by atoms with Crippen LogP contribution < -0.4 is 10.1 Å². The van der Waals surface area contributed by atoms with E-state index >= 15 is 0 Å². The third kappa shape index (κ3) is 6.21. The van der Waals surface area contributed by atoms with Crippen molar-refractivity contribution in [2.24, 2.45) is 0 Å². The molecule has 0 bridgehead atoms. The van der Waals surface area contributed by atoms with Gasteiger partial charge < -0.3 is 10.1 Å². The highest BCUT2D eigenvalue weighted by Crippen LogP contribution is 2.22. The van der Waals surface area contributed by atoms with Crippen molar-refractivity contribution in [3.8, 4) is 5.75 Å². The number of nitrogens with zero attached hydrogens (tertiary/aromatic N) is 1. The van der Waals surface area contributed by atoms with Gasteiger partial charge in [-0.15, -0.1) is 0 Å². The van der Waals surface area contributed by atoms with E-state index in [1.807, 2.05) is 0 Å². The fraction of sp³-hybridized carbons (Fsp3) is 0.500. The van der Waals surface area contributed by atoms with Gasteiger partial charge in [-0.3, -0.25) is 4.79 Å². The number of sulfonamides is 1. The van der Waals surface area contributed by atoms with E-state index in [9.17, 15) is 13.2 Å². The Labute approximate surface area is 136 Å². The number of hydrogen-bond acceptors (Lipinski definition) is 4. The van der Waals surface area contributed by atoms with E-state index in [-0.39, 0.29) is 12.3 Å². The summed E-state index contributed by atoms with van der Waals surface area (Å²) in [5.74, 6) is 0.443. The Hall–Kier alpha value is -1.31. The predicted octanol–water partition coefficient (Wildman–Crippen LogP) is 1.29. The van der Waals surface area contributed by atoms with E-state index in [2.05, 4.69) is 5.32 Å². The zero-order valence-corrected chi connectivity index (χ0v) is 14.5. The first-order valence-corrected chi connectivity index (χ1v) is 8.97. The molecule has 0 fully saturated rings. The summed E-state index contributed by atoms with van der Waals surface area (Å²) in [4.78, 5) is 11.9. The maximum Gasteiger partial charge on any atom is 0.224 e. The number of hydrogen-bond donors (Lipinski definition) is 1. The lowest BCUT2D eigenvalue weighted by Gasteiger charge is -2.14. The Balaban J connectivity index is 2.43. The van der Waals surface area contributed by atoms with Gasteiger partial charge in [0.05, 0.1) is 19.8 Å². The van der Waals surface area contributed by atoms with Gasteiger partial charge in [0.2, 0.25) is 15.9 Å². The first-order valence-electron chi connectivity index (χ1n) is 6.74. The average Bonchev–Trinajstić information content (AvgIpc) is 2.42. The summed E-state index contributed by atoms with van der Waals surface area (Å²) < 4.78 is 28.9. The number of ether oxygens (including phenoxy) is 1. The van der Waals surface area contributed by atoms with Gasteiger partial charge in [-0.25, -0.2) is 12.7 Å². The van der Waals surface area contributed by atoms with Crippen LogP contribution in [0.3, 0.4) is 0 Å². The second-order valence-corrected chi connectivity index (χ2v) is 7.45. The van der Waals surface area contributed by atoms with Crippen LogP contribution in [0, 0.1) is 0 Å². The molecule has 0 unspecified atom stereocenters. The Morgan fingerprint density at radius 3 is 2.68 bits per heavy atom. The summed E-state index contributed by atoms with van der Waals surface area (Å²) in [6.45, 7) is 0.765. The fourth-order valence-electron chi connectivity index (χ4n) is 1.82. The second kappa shape index (κ2) is 8.36. The minimum Gasteiger partial charge on any atom is -0.496 e. The molecule has 0 aliphatic rings. The van der Waals surface area contributed by atoms with Crippen molar-refractivity contribution in [3.05, 3.63) is 28.8 Å². The van der Waals surface area contributed by atoms with Gasteiger partial charge in [0.15, 0.2) is 0 Å². The average molecular weight is 349 g/mol. The van der Waals surface area contributed by atoms with E-state index in [1.165, 1.54) is 18.5 Å². The number of carbonyl (C=O) groups excluding carboxylic acids is 1. The standard InChI is InChI=1S/C14H21ClN2O4S/c1-17(22(3,19)20)8-4-7-16-14(18)10-11-9-12(15)5-6-13(11)21-2/h5-6,9H,4,7-8,10H2,1-3H3,(H,16,18). The highest BCUT2D eigenvalue weighted by molar-refractivity contribution is 7.88. The summed E-state index contributed by atoms with van der Waals surface area (Å²) in [5, 5.41) is 3.29. The molecule has 1 amide bonds. The Kier molecular flexibility index (Phi) is 7.12. The number of benzene rings is 1. The van der Waals surface area contributed by atoms with Crippen LogP contribution in [0.4, 0.5) is 0 Å².